The zero-order chi connectivity index (χ0) is 13.3. The number of carbonyl (C=O) groups is 1. The van der Waals surface area contributed by atoms with E-state index in [4.69, 9.17) is 5.73 Å². The Bertz CT molecular complexity index is 435. The predicted octanol–water partition coefficient (Wildman–Crippen LogP) is 0.907. The third-order valence-electron chi connectivity index (χ3n) is 3.30. The van der Waals surface area contributed by atoms with Crippen LogP contribution in [-0.2, 0) is 0 Å². The van der Waals surface area contributed by atoms with Gasteiger partial charge >= 0.3 is 0 Å². The monoisotopic (exact) mass is 250 g/mol. The molecule has 0 unspecified atom stereocenters. The van der Waals surface area contributed by atoms with Crippen molar-refractivity contribution in [3.05, 3.63) is 23.8 Å². The molecule has 0 aromatic heterocycles. The van der Waals surface area contributed by atoms with E-state index >= 15 is 0 Å². The Morgan fingerprint density at radius 3 is 2.39 bits per heavy atom. The molecule has 0 aliphatic heterocycles. The standard InChI is InChI=1S/C13H18N2O3/c1-15(7-8-2-10(14)3-8)13(18)9-4-11(16)6-12(17)5-9/h4-6,8,10,16-17H,2-3,7,14H2,1H3. The number of carbonyl (C=O) groups excluding carboxylic acids is 1. The third-order valence-corrected chi connectivity index (χ3v) is 3.30. The number of nitrogens with zero attached hydrogens (tertiary/aromatic N) is 1. The highest BCUT2D eigenvalue weighted by Crippen LogP contribution is 2.27. The van der Waals surface area contributed by atoms with E-state index in [1.54, 1.807) is 11.9 Å². The van der Waals surface area contributed by atoms with Gasteiger partial charge in [0.05, 0.1) is 0 Å². The minimum Gasteiger partial charge on any atom is -0.508 e. The molecule has 0 spiro atoms. The second kappa shape index (κ2) is 4.86. The van der Waals surface area contributed by atoms with Gasteiger partial charge in [-0.25, -0.2) is 0 Å². The fourth-order valence-corrected chi connectivity index (χ4v) is 2.35. The van der Waals surface area contributed by atoms with Gasteiger partial charge in [0.2, 0.25) is 0 Å². The maximum absolute atomic E-state index is 12.1. The summed E-state index contributed by atoms with van der Waals surface area (Å²) in [5.74, 6) is 0.0244. The molecule has 1 aromatic rings. The summed E-state index contributed by atoms with van der Waals surface area (Å²) in [7, 11) is 1.72. The molecular formula is C13H18N2O3. The molecule has 4 N–H and O–H groups in total. The van der Waals surface area contributed by atoms with Gasteiger partial charge in [0, 0.05) is 31.3 Å². The highest BCUT2D eigenvalue weighted by atomic mass is 16.3. The van der Waals surface area contributed by atoms with Crippen LogP contribution in [0.3, 0.4) is 0 Å². The lowest BCUT2D eigenvalue weighted by Gasteiger charge is -2.35. The number of hydrogen-bond acceptors (Lipinski definition) is 4. The Labute approximate surface area is 106 Å². The van der Waals surface area contributed by atoms with E-state index < -0.39 is 0 Å². The largest absolute Gasteiger partial charge is 0.508 e. The van der Waals surface area contributed by atoms with Crippen molar-refractivity contribution in [2.24, 2.45) is 11.7 Å². The van der Waals surface area contributed by atoms with Crippen molar-refractivity contribution in [1.82, 2.24) is 4.90 Å². The minimum atomic E-state index is -0.207. The van der Waals surface area contributed by atoms with Crippen LogP contribution in [0, 0.1) is 5.92 Å². The van der Waals surface area contributed by atoms with Gasteiger partial charge in [-0.3, -0.25) is 4.79 Å². The number of phenols is 2. The first-order valence-electron chi connectivity index (χ1n) is 6.00. The molecule has 2 rings (SSSR count). The predicted molar refractivity (Wildman–Crippen MR) is 67.4 cm³/mol. The van der Waals surface area contributed by atoms with Gasteiger partial charge in [0.15, 0.2) is 0 Å². The maximum Gasteiger partial charge on any atom is 0.253 e. The number of aromatic hydroxyl groups is 2. The second-order valence-corrected chi connectivity index (χ2v) is 5.02. The maximum atomic E-state index is 12.1. The van der Waals surface area contributed by atoms with Crippen LogP contribution >= 0.6 is 0 Å². The van der Waals surface area contributed by atoms with Gasteiger partial charge in [0.25, 0.3) is 5.91 Å². The van der Waals surface area contributed by atoms with Crippen LogP contribution in [0.15, 0.2) is 18.2 Å². The summed E-state index contributed by atoms with van der Waals surface area (Å²) in [6, 6.07) is 4.17. The number of amides is 1. The van der Waals surface area contributed by atoms with Gasteiger partial charge in [-0.15, -0.1) is 0 Å². The fourth-order valence-electron chi connectivity index (χ4n) is 2.35. The molecule has 0 atom stereocenters. The summed E-state index contributed by atoms with van der Waals surface area (Å²) < 4.78 is 0. The normalized spacial score (nSPS) is 22.3. The van der Waals surface area contributed by atoms with E-state index in [9.17, 15) is 15.0 Å². The molecule has 0 saturated heterocycles. The Hall–Kier alpha value is -1.75. The molecule has 1 aliphatic carbocycles. The van der Waals surface area contributed by atoms with Crippen molar-refractivity contribution < 1.29 is 15.0 Å². The van der Waals surface area contributed by atoms with E-state index in [2.05, 4.69) is 0 Å². The first-order valence-corrected chi connectivity index (χ1v) is 6.00. The average Bonchev–Trinajstić information content (AvgIpc) is 2.24. The highest BCUT2D eigenvalue weighted by molar-refractivity contribution is 5.94. The van der Waals surface area contributed by atoms with E-state index in [1.165, 1.54) is 18.2 Å². The van der Waals surface area contributed by atoms with Crippen LogP contribution in [0.4, 0.5) is 0 Å². The topological polar surface area (TPSA) is 86.8 Å². The molecule has 98 valence electrons. The number of hydrogen-bond donors (Lipinski definition) is 3. The highest BCUT2D eigenvalue weighted by Gasteiger charge is 2.28. The second-order valence-electron chi connectivity index (χ2n) is 5.02. The van der Waals surface area contributed by atoms with Crippen molar-refractivity contribution in [3.8, 4) is 11.5 Å². The Balaban J connectivity index is 2.01. The van der Waals surface area contributed by atoms with Gasteiger partial charge in [-0.2, -0.15) is 0 Å². The smallest absolute Gasteiger partial charge is 0.253 e. The summed E-state index contributed by atoms with van der Waals surface area (Å²) in [5, 5.41) is 18.7. The summed E-state index contributed by atoms with van der Waals surface area (Å²) in [5.41, 5.74) is 5.99. The van der Waals surface area contributed by atoms with Crippen LogP contribution < -0.4 is 5.73 Å². The first-order chi connectivity index (χ1) is 8.45. The Kier molecular flexibility index (Phi) is 3.43. The lowest BCUT2D eigenvalue weighted by atomic mass is 9.80. The van der Waals surface area contributed by atoms with E-state index in [0.29, 0.717) is 18.0 Å². The zero-order valence-electron chi connectivity index (χ0n) is 10.3. The molecule has 18 heavy (non-hydrogen) atoms. The van der Waals surface area contributed by atoms with E-state index in [0.717, 1.165) is 12.8 Å². The molecule has 0 heterocycles. The number of rotatable bonds is 3. The molecule has 1 amide bonds. The summed E-state index contributed by atoms with van der Waals surface area (Å²) >= 11 is 0. The molecule has 1 aliphatic rings. The number of phenolic OH excluding ortho intramolecular Hbond substituents is 2. The molecule has 0 bridgehead atoms. The number of nitrogens with two attached hydrogens (primary N) is 1. The SMILES string of the molecule is CN(CC1CC(N)C1)C(=O)c1cc(O)cc(O)c1. The van der Waals surface area contributed by atoms with Crippen molar-refractivity contribution in [3.63, 3.8) is 0 Å². The molecule has 5 nitrogen and oxygen atoms in total. The minimum absolute atomic E-state index is 0.114. The molecule has 1 aromatic carbocycles. The van der Waals surface area contributed by atoms with Crippen LogP contribution in [0.5, 0.6) is 11.5 Å². The molecule has 1 saturated carbocycles. The Morgan fingerprint density at radius 1 is 1.33 bits per heavy atom. The summed E-state index contributed by atoms with van der Waals surface area (Å²) in [4.78, 5) is 13.7. The average molecular weight is 250 g/mol. The van der Waals surface area contributed by atoms with Gasteiger partial charge in [0.1, 0.15) is 11.5 Å². The summed E-state index contributed by atoms with van der Waals surface area (Å²) in [6.07, 6.45) is 1.89. The first kappa shape index (κ1) is 12.7. The van der Waals surface area contributed by atoms with Crippen molar-refractivity contribution in [2.45, 2.75) is 18.9 Å². The number of benzene rings is 1. The van der Waals surface area contributed by atoms with Crippen molar-refractivity contribution in [2.75, 3.05) is 13.6 Å². The summed E-state index contributed by atoms with van der Waals surface area (Å²) in [6.45, 7) is 0.656. The van der Waals surface area contributed by atoms with Crippen LogP contribution in [-0.4, -0.2) is 40.7 Å². The van der Waals surface area contributed by atoms with E-state index in [-0.39, 0.29) is 23.4 Å². The van der Waals surface area contributed by atoms with Crippen molar-refractivity contribution in [1.29, 1.82) is 0 Å². The quantitative estimate of drug-likeness (QED) is 0.744. The lowest BCUT2D eigenvalue weighted by Crippen LogP contribution is -2.43. The molecule has 5 heteroatoms. The lowest BCUT2D eigenvalue weighted by molar-refractivity contribution is 0.0733. The molecule has 1 fully saturated rings. The fraction of sp³-hybridized carbons (Fsp3) is 0.462. The van der Waals surface area contributed by atoms with Gasteiger partial charge in [-0.05, 0) is 30.9 Å². The molecule has 0 radical (unpaired) electrons. The Morgan fingerprint density at radius 2 is 1.89 bits per heavy atom. The molecular weight excluding hydrogens is 232 g/mol. The van der Waals surface area contributed by atoms with E-state index in [1.807, 2.05) is 0 Å². The van der Waals surface area contributed by atoms with Crippen LogP contribution in [0.25, 0.3) is 0 Å². The van der Waals surface area contributed by atoms with Gasteiger partial charge < -0.3 is 20.8 Å². The van der Waals surface area contributed by atoms with Crippen LogP contribution in [0.1, 0.15) is 23.2 Å². The van der Waals surface area contributed by atoms with Crippen molar-refractivity contribution >= 4 is 5.91 Å². The van der Waals surface area contributed by atoms with Gasteiger partial charge in [-0.1, -0.05) is 0 Å². The van der Waals surface area contributed by atoms with Crippen LogP contribution in [0.2, 0.25) is 0 Å². The zero-order valence-corrected chi connectivity index (χ0v) is 10.3. The third kappa shape index (κ3) is 2.73.